The molecule has 0 aromatic heterocycles. The Bertz CT molecular complexity index is 1130. The molecule has 2 rings (SSSR count). The van der Waals surface area contributed by atoms with Gasteiger partial charge in [0.2, 0.25) is 0 Å². The Labute approximate surface area is 283 Å². The minimum Gasteiger partial charge on any atom is -0.463 e. The van der Waals surface area contributed by atoms with E-state index in [1.165, 1.54) is 0 Å². The Hall–Kier alpha value is -3.62. The van der Waals surface area contributed by atoms with E-state index in [1.807, 2.05) is 0 Å². The maximum atomic E-state index is 12.2. The number of rotatable bonds is 13. The standard InChI is InChI=1S/C28H38O18S2/c1-11(29)37-9-19-21(39-13(3)31)23(41-15(5)33)25(43-17(7)35)27(45-19)47-48-28-26(44-18(8)36)24(42-16(6)34)22(40-14(4)32)20(46-28)10-38-12(2)30/h19-28H,9-10H2,1-8H3/t19-,20-,21-,22+,23-,24+,25-,26+,27-,28+/m0/s1. The van der Waals surface area contributed by atoms with Gasteiger partial charge in [0.25, 0.3) is 0 Å². The van der Waals surface area contributed by atoms with E-state index < -0.39 is 121 Å². The average molecular weight is 727 g/mol. The van der Waals surface area contributed by atoms with Crippen molar-refractivity contribution in [3.8, 4) is 0 Å². The van der Waals surface area contributed by atoms with Gasteiger partial charge in [-0.2, -0.15) is 0 Å². The predicted octanol–water partition coefficient (Wildman–Crippen LogP) is 0.534. The van der Waals surface area contributed by atoms with Crippen LogP contribution in [0.5, 0.6) is 0 Å². The number of esters is 8. The minimum absolute atomic E-state index is 0.474. The van der Waals surface area contributed by atoms with Crippen LogP contribution in [-0.2, 0) is 85.7 Å². The van der Waals surface area contributed by atoms with Crippen LogP contribution < -0.4 is 0 Å². The molecule has 2 fully saturated rings. The molecule has 0 aliphatic carbocycles. The van der Waals surface area contributed by atoms with Gasteiger partial charge >= 0.3 is 47.8 Å². The Kier molecular flexibility index (Phi) is 15.9. The van der Waals surface area contributed by atoms with Crippen molar-refractivity contribution in [3.05, 3.63) is 0 Å². The van der Waals surface area contributed by atoms with Gasteiger partial charge < -0.3 is 47.4 Å². The second-order valence-electron chi connectivity index (χ2n) is 10.3. The number of hydrogen-bond acceptors (Lipinski definition) is 20. The van der Waals surface area contributed by atoms with E-state index in [9.17, 15) is 38.4 Å². The van der Waals surface area contributed by atoms with E-state index in [0.717, 1.165) is 77.0 Å². The molecule has 2 heterocycles. The van der Waals surface area contributed by atoms with Gasteiger partial charge in [0, 0.05) is 55.4 Å². The first-order valence-electron chi connectivity index (χ1n) is 14.3. The summed E-state index contributed by atoms with van der Waals surface area (Å²) in [6.07, 6.45) is -11.1. The highest BCUT2D eigenvalue weighted by molar-refractivity contribution is 8.77. The van der Waals surface area contributed by atoms with Crippen molar-refractivity contribution in [2.24, 2.45) is 0 Å². The van der Waals surface area contributed by atoms with Gasteiger partial charge in [0.1, 0.15) is 25.4 Å². The highest BCUT2D eigenvalue weighted by Crippen LogP contribution is 2.45. The maximum Gasteiger partial charge on any atom is 0.303 e. The minimum atomic E-state index is -1.46. The number of carbonyl (C=O) groups excluding carboxylic acids is 8. The van der Waals surface area contributed by atoms with E-state index in [0.29, 0.717) is 0 Å². The van der Waals surface area contributed by atoms with Crippen molar-refractivity contribution < 1.29 is 85.7 Å². The molecule has 2 aliphatic heterocycles. The van der Waals surface area contributed by atoms with Gasteiger partial charge in [0.15, 0.2) is 47.5 Å². The van der Waals surface area contributed by atoms with Crippen molar-refractivity contribution in [3.63, 3.8) is 0 Å². The molecule has 0 saturated carbocycles. The lowest BCUT2D eigenvalue weighted by Gasteiger charge is -2.46. The summed E-state index contributed by atoms with van der Waals surface area (Å²) in [7, 11) is 1.62. The molecule has 0 aromatic carbocycles. The van der Waals surface area contributed by atoms with Crippen LogP contribution in [0.1, 0.15) is 55.4 Å². The Morgan fingerprint density at radius 1 is 0.396 bits per heavy atom. The first-order chi connectivity index (χ1) is 22.4. The second-order valence-corrected chi connectivity index (χ2v) is 12.8. The molecule has 0 amide bonds. The zero-order valence-corrected chi connectivity index (χ0v) is 29.0. The molecule has 0 unspecified atom stereocenters. The summed E-state index contributed by atoms with van der Waals surface area (Å²) in [5.74, 6) is -6.37. The fraction of sp³-hybridized carbons (Fsp3) is 0.714. The molecule has 0 aromatic rings. The number of ether oxygens (including phenoxy) is 10. The lowest BCUT2D eigenvalue weighted by Crippen LogP contribution is -2.62. The smallest absolute Gasteiger partial charge is 0.303 e. The Morgan fingerprint density at radius 3 is 0.896 bits per heavy atom. The molecule has 20 heteroatoms. The van der Waals surface area contributed by atoms with E-state index in [-0.39, 0.29) is 0 Å². The van der Waals surface area contributed by atoms with Crippen molar-refractivity contribution in [1.82, 2.24) is 0 Å². The third kappa shape index (κ3) is 12.8. The molecular weight excluding hydrogens is 688 g/mol. The normalized spacial score (nSPS) is 29.7. The summed E-state index contributed by atoms with van der Waals surface area (Å²) in [6.45, 7) is 7.75. The van der Waals surface area contributed by atoms with Crippen molar-refractivity contribution in [2.75, 3.05) is 13.2 Å². The molecule has 270 valence electrons. The van der Waals surface area contributed by atoms with Gasteiger partial charge in [-0.1, -0.05) is 21.6 Å². The van der Waals surface area contributed by atoms with E-state index in [4.69, 9.17) is 47.4 Å². The molecule has 2 aliphatic rings. The largest absolute Gasteiger partial charge is 0.463 e. The van der Waals surface area contributed by atoms with Crippen LogP contribution in [0.25, 0.3) is 0 Å². The van der Waals surface area contributed by atoms with Crippen LogP contribution >= 0.6 is 21.6 Å². The Balaban J connectivity index is 2.57. The van der Waals surface area contributed by atoms with E-state index in [2.05, 4.69) is 0 Å². The van der Waals surface area contributed by atoms with Gasteiger partial charge in [-0.25, -0.2) is 0 Å². The number of hydrogen-bond donors (Lipinski definition) is 0. The zero-order chi connectivity index (χ0) is 36.3. The van der Waals surface area contributed by atoms with Crippen molar-refractivity contribution in [1.29, 1.82) is 0 Å². The third-order valence-corrected chi connectivity index (χ3v) is 8.86. The number of carbonyl (C=O) groups is 8. The van der Waals surface area contributed by atoms with Crippen LogP contribution in [0.2, 0.25) is 0 Å². The maximum absolute atomic E-state index is 12.2. The summed E-state index contributed by atoms with van der Waals surface area (Å²) >= 11 is 0. The lowest BCUT2D eigenvalue weighted by molar-refractivity contribution is -0.238. The van der Waals surface area contributed by atoms with Gasteiger partial charge in [-0.3, -0.25) is 38.4 Å². The van der Waals surface area contributed by atoms with Crippen LogP contribution in [0, 0.1) is 0 Å². The van der Waals surface area contributed by atoms with Gasteiger partial charge in [-0.05, 0) is 0 Å². The molecule has 2 saturated heterocycles. The summed E-state index contributed by atoms with van der Waals surface area (Å²) in [5.41, 5.74) is -2.55. The first kappa shape index (κ1) is 40.6. The monoisotopic (exact) mass is 726 g/mol. The summed E-state index contributed by atoms with van der Waals surface area (Å²) in [6, 6.07) is 0. The second kappa shape index (κ2) is 18.8. The highest BCUT2D eigenvalue weighted by Gasteiger charge is 2.55. The molecule has 48 heavy (non-hydrogen) atoms. The van der Waals surface area contributed by atoms with Crippen molar-refractivity contribution >= 4 is 69.3 Å². The molecule has 0 N–H and O–H groups in total. The highest BCUT2D eigenvalue weighted by atomic mass is 33.1. The average Bonchev–Trinajstić information content (AvgIpc) is 2.93. The van der Waals surface area contributed by atoms with Crippen LogP contribution in [0.3, 0.4) is 0 Å². The topological polar surface area (TPSA) is 229 Å². The molecule has 10 atom stereocenters. The van der Waals surface area contributed by atoms with Crippen molar-refractivity contribution in [2.45, 2.75) is 115 Å². The molecular formula is C28H38O18S2. The van der Waals surface area contributed by atoms with Crippen LogP contribution in [-0.4, -0.2) is 121 Å². The fourth-order valence-corrected chi connectivity index (χ4v) is 7.46. The van der Waals surface area contributed by atoms with Gasteiger partial charge in [-0.15, -0.1) is 0 Å². The first-order valence-corrected chi connectivity index (χ1v) is 16.6. The van der Waals surface area contributed by atoms with Crippen LogP contribution in [0.15, 0.2) is 0 Å². The SMILES string of the molecule is CC(=O)OC[C@@H]1O[C@@H](SS[C@H]2O[C@@H](COC(C)=O)[C@@H](OC(C)=O)[C@@H](OC(C)=O)[C@H]2OC(C)=O)[C@@H](OC(C)=O)[C@@H](OC(C)=O)[C@H]1OC(C)=O. The zero-order valence-electron chi connectivity index (χ0n) is 27.4. The summed E-state index contributed by atoms with van der Waals surface area (Å²) in [5, 5.41) is 0. The predicted molar refractivity (Wildman–Crippen MR) is 159 cm³/mol. The molecule has 18 nitrogen and oxygen atoms in total. The summed E-state index contributed by atoms with van der Waals surface area (Å²) < 4.78 is 54.9. The quantitative estimate of drug-likeness (QED) is 0.143. The van der Waals surface area contributed by atoms with Gasteiger partial charge in [0.05, 0.1) is 0 Å². The van der Waals surface area contributed by atoms with Crippen LogP contribution in [0.4, 0.5) is 0 Å². The third-order valence-electron chi connectivity index (χ3n) is 6.14. The molecule has 0 bridgehead atoms. The molecule has 0 spiro atoms. The Morgan fingerprint density at radius 2 is 0.646 bits per heavy atom. The summed E-state index contributed by atoms with van der Waals surface area (Å²) in [4.78, 5) is 96.1. The molecule has 0 radical (unpaired) electrons. The van der Waals surface area contributed by atoms with E-state index >= 15 is 0 Å². The fourth-order valence-electron chi connectivity index (χ4n) is 4.64. The lowest BCUT2D eigenvalue weighted by atomic mass is 9.99. The van der Waals surface area contributed by atoms with E-state index in [1.54, 1.807) is 0 Å².